The van der Waals surface area contributed by atoms with Crippen LogP contribution in [0.25, 0.3) is 0 Å². The lowest BCUT2D eigenvalue weighted by molar-refractivity contribution is 0.253. The Balaban J connectivity index is 2.01. The van der Waals surface area contributed by atoms with E-state index in [1.165, 1.54) is 36.9 Å². The van der Waals surface area contributed by atoms with Crippen LogP contribution >= 0.6 is 0 Å². The summed E-state index contributed by atoms with van der Waals surface area (Å²) in [6.07, 6.45) is 5.02. The van der Waals surface area contributed by atoms with Crippen molar-refractivity contribution >= 4 is 11.6 Å². The zero-order chi connectivity index (χ0) is 13.5. The standard InChI is InChI=1S/C16H23N3/c1-12-6-5-9-16(10-12)11-18-15(17)19(16)14-8-4-3-7-13(14)2/h3-4,7-8,12H,5-6,9-11H2,1-2H3,(H2,17,18). The molecule has 1 spiro atoms. The minimum atomic E-state index is 0.133. The molecule has 2 aliphatic rings. The van der Waals surface area contributed by atoms with Crippen molar-refractivity contribution in [2.75, 3.05) is 11.4 Å². The lowest BCUT2D eigenvalue weighted by Crippen LogP contribution is -2.54. The normalized spacial score (nSPS) is 30.7. The van der Waals surface area contributed by atoms with Crippen molar-refractivity contribution < 1.29 is 0 Å². The van der Waals surface area contributed by atoms with Crippen LogP contribution < -0.4 is 10.6 Å². The highest BCUT2D eigenvalue weighted by molar-refractivity contribution is 5.99. The number of rotatable bonds is 1. The highest BCUT2D eigenvalue weighted by Crippen LogP contribution is 2.42. The highest BCUT2D eigenvalue weighted by atomic mass is 15.4. The Morgan fingerprint density at radius 3 is 2.89 bits per heavy atom. The molecule has 2 atom stereocenters. The minimum Gasteiger partial charge on any atom is -0.369 e. The molecule has 2 N–H and O–H groups in total. The fourth-order valence-electron chi connectivity index (χ4n) is 3.78. The van der Waals surface area contributed by atoms with Gasteiger partial charge in [0.15, 0.2) is 5.96 Å². The van der Waals surface area contributed by atoms with E-state index in [-0.39, 0.29) is 5.54 Å². The van der Waals surface area contributed by atoms with Gasteiger partial charge in [0.05, 0.1) is 12.1 Å². The van der Waals surface area contributed by atoms with Crippen LogP contribution in [0.1, 0.15) is 38.2 Å². The SMILES string of the molecule is Cc1ccccc1N1C(N)=NCC12CCCC(C)C2. The number of anilines is 1. The summed E-state index contributed by atoms with van der Waals surface area (Å²) in [7, 11) is 0. The fourth-order valence-corrected chi connectivity index (χ4v) is 3.78. The molecular weight excluding hydrogens is 234 g/mol. The third kappa shape index (κ3) is 2.01. The number of nitrogens with zero attached hydrogens (tertiary/aromatic N) is 2. The van der Waals surface area contributed by atoms with Gasteiger partial charge in [-0.15, -0.1) is 0 Å². The molecule has 0 aromatic heterocycles. The molecule has 0 amide bonds. The van der Waals surface area contributed by atoms with Crippen molar-refractivity contribution in [2.45, 2.75) is 45.1 Å². The van der Waals surface area contributed by atoms with E-state index in [9.17, 15) is 0 Å². The van der Waals surface area contributed by atoms with Gasteiger partial charge in [-0.05, 0) is 37.3 Å². The molecule has 1 aromatic carbocycles. The van der Waals surface area contributed by atoms with Gasteiger partial charge in [0, 0.05) is 5.69 Å². The maximum Gasteiger partial charge on any atom is 0.196 e. The molecule has 1 saturated carbocycles. The predicted octanol–water partition coefficient (Wildman–Crippen LogP) is 3.08. The summed E-state index contributed by atoms with van der Waals surface area (Å²) < 4.78 is 0. The zero-order valence-electron chi connectivity index (χ0n) is 11.9. The lowest BCUT2D eigenvalue weighted by Gasteiger charge is -2.44. The Labute approximate surface area is 115 Å². The average molecular weight is 257 g/mol. The van der Waals surface area contributed by atoms with Crippen LogP contribution in [0.3, 0.4) is 0 Å². The summed E-state index contributed by atoms with van der Waals surface area (Å²) in [4.78, 5) is 6.88. The van der Waals surface area contributed by atoms with Crippen LogP contribution in [0, 0.1) is 12.8 Å². The van der Waals surface area contributed by atoms with Gasteiger partial charge < -0.3 is 10.6 Å². The van der Waals surface area contributed by atoms with Gasteiger partial charge in [-0.1, -0.05) is 38.0 Å². The molecule has 1 heterocycles. The highest BCUT2D eigenvalue weighted by Gasteiger charge is 2.45. The number of nitrogens with two attached hydrogens (primary N) is 1. The van der Waals surface area contributed by atoms with Crippen molar-refractivity contribution in [3.05, 3.63) is 29.8 Å². The molecule has 3 nitrogen and oxygen atoms in total. The van der Waals surface area contributed by atoms with E-state index in [0.29, 0.717) is 5.96 Å². The van der Waals surface area contributed by atoms with Crippen LogP contribution in [0.4, 0.5) is 5.69 Å². The van der Waals surface area contributed by atoms with E-state index in [1.54, 1.807) is 0 Å². The Bertz CT molecular complexity index is 508. The maximum absolute atomic E-state index is 6.21. The van der Waals surface area contributed by atoms with E-state index < -0.39 is 0 Å². The second-order valence-electron chi connectivity index (χ2n) is 6.22. The van der Waals surface area contributed by atoms with Crippen molar-refractivity contribution in [3.8, 4) is 0 Å². The second kappa shape index (κ2) is 4.55. The average Bonchev–Trinajstić information content (AvgIpc) is 2.67. The van der Waals surface area contributed by atoms with Gasteiger partial charge in [0.1, 0.15) is 0 Å². The van der Waals surface area contributed by atoms with E-state index >= 15 is 0 Å². The van der Waals surface area contributed by atoms with Gasteiger partial charge in [-0.25, -0.2) is 0 Å². The summed E-state index contributed by atoms with van der Waals surface area (Å²) in [5, 5.41) is 0. The topological polar surface area (TPSA) is 41.6 Å². The van der Waals surface area contributed by atoms with Gasteiger partial charge in [-0.2, -0.15) is 0 Å². The Morgan fingerprint density at radius 2 is 2.16 bits per heavy atom. The molecule has 0 bridgehead atoms. The number of aryl methyl sites for hydroxylation is 1. The molecule has 1 aromatic rings. The molecule has 19 heavy (non-hydrogen) atoms. The van der Waals surface area contributed by atoms with Gasteiger partial charge in [0.2, 0.25) is 0 Å². The van der Waals surface area contributed by atoms with Gasteiger partial charge in [0.25, 0.3) is 0 Å². The predicted molar refractivity (Wildman–Crippen MR) is 80.5 cm³/mol. The number of guanidine groups is 1. The maximum atomic E-state index is 6.21. The third-order valence-electron chi connectivity index (χ3n) is 4.66. The minimum absolute atomic E-state index is 0.133. The fraction of sp³-hybridized carbons (Fsp3) is 0.562. The number of aliphatic imine (C=N–C) groups is 1. The van der Waals surface area contributed by atoms with Crippen LogP contribution in [-0.4, -0.2) is 18.0 Å². The van der Waals surface area contributed by atoms with E-state index in [4.69, 9.17) is 5.73 Å². The van der Waals surface area contributed by atoms with Crippen molar-refractivity contribution in [1.29, 1.82) is 0 Å². The summed E-state index contributed by atoms with van der Waals surface area (Å²) in [6, 6.07) is 8.50. The Hall–Kier alpha value is -1.51. The van der Waals surface area contributed by atoms with Gasteiger partial charge >= 0.3 is 0 Å². The molecule has 3 heteroatoms. The molecule has 1 aliphatic heterocycles. The first-order valence-electron chi connectivity index (χ1n) is 7.28. The summed E-state index contributed by atoms with van der Waals surface area (Å²) in [5.74, 6) is 1.46. The molecule has 3 rings (SSSR count). The molecular formula is C16H23N3. The van der Waals surface area contributed by atoms with Gasteiger partial charge in [-0.3, -0.25) is 4.99 Å². The van der Waals surface area contributed by atoms with Crippen LogP contribution in [0.5, 0.6) is 0 Å². The molecule has 2 unspecified atom stereocenters. The van der Waals surface area contributed by atoms with E-state index in [1.807, 2.05) is 0 Å². The first kappa shape index (κ1) is 12.5. The summed E-state index contributed by atoms with van der Waals surface area (Å²) in [6.45, 7) is 5.36. The van der Waals surface area contributed by atoms with Crippen LogP contribution in [0.15, 0.2) is 29.3 Å². The van der Waals surface area contributed by atoms with Crippen molar-refractivity contribution in [3.63, 3.8) is 0 Å². The largest absolute Gasteiger partial charge is 0.369 e. The molecule has 102 valence electrons. The molecule has 1 aliphatic carbocycles. The van der Waals surface area contributed by atoms with Crippen molar-refractivity contribution in [2.24, 2.45) is 16.6 Å². The lowest BCUT2D eigenvalue weighted by atomic mass is 9.75. The van der Waals surface area contributed by atoms with Crippen molar-refractivity contribution in [1.82, 2.24) is 0 Å². The summed E-state index contributed by atoms with van der Waals surface area (Å²) in [5.41, 5.74) is 8.85. The molecule has 0 saturated heterocycles. The quantitative estimate of drug-likeness (QED) is 0.840. The third-order valence-corrected chi connectivity index (χ3v) is 4.66. The number of hydrogen-bond donors (Lipinski definition) is 1. The monoisotopic (exact) mass is 257 g/mol. The Kier molecular flexibility index (Phi) is 3.00. The Morgan fingerprint density at radius 1 is 1.37 bits per heavy atom. The first-order chi connectivity index (χ1) is 9.12. The van der Waals surface area contributed by atoms with Crippen LogP contribution in [0.2, 0.25) is 0 Å². The second-order valence-corrected chi connectivity index (χ2v) is 6.22. The molecule has 0 radical (unpaired) electrons. The van der Waals surface area contributed by atoms with E-state index in [0.717, 1.165) is 12.5 Å². The zero-order valence-corrected chi connectivity index (χ0v) is 11.9. The smallest absolute Gasteiger partial charge is 0.196 e. The van der Waals surface area contributed by atoms with Crippen LogP contribution in [-0.2, 0) is 0 Å². The first-order valence-corrected chi connectivity index (χ1v) is 7.28. The number of para-hydroxylation sites is 1. The number of hydrogen-bond acceptors (Lipinski definition) is 3. The van der Waals surface area contributed by atoms with E-state index in [2.05, 4.69) is 48.0 Å². The molecule has 1 fully saturated rings. The summed E-state index contributed by atoms with van der Waals surface area (Å²) >= 11 is 0. The number of benzene rings is 1.